The van der Waals surface area contributed by atoms with Crippen molar-refractivity contribution in [1.82, 2.24) is 0 Å². The maximum absolute atomic E-state index is 11.6. The third-order valence-corrected chi connectivity index (χ3v) is 2.30. The maximum atomic E-state index is 11.6. The van der Waals surface area contributed by atoms with Crippen LogP contribution in [0.1, 0.15) is 10.4 Å². The lowest BCUT2D eigenvalue weighted by Crippen LogP contribution is -2.10. The van der Waals surface area contributed by atoms with Gasteiger partial charge in [-0.25, -0.2) is 0 Å². The van der Waals surface area contributed by atoms with E-state index >= 15 is 0 Å². The first-order valence-corrected chi connectivity index (χ1v) is 4.86. The molecule has 4 nitrogen and oxygen atoms in total. The summed E-state index contributed by atoms with van der Waals surface area (Å²) in [5.74, 6) is -0.271. The van der Waals surface area contributed by atoms with Crippen LogP contribution in [0.5, 0.6) is 5.75 Å². The number of rotatable bonds is 2. The second-order valence-corrected chi connectivity index (χ2v) is 3.54. The Morgan fingerprint density at radius 3 is 2.81 bits per heavy atom. The summed E-state index contributed by atoms with van der Waals surface area (Å²) in [5, 5.41) is 12.0. The summed E-state index contributed by atoms with van der Waals surface area (Å²) in [6.45, 7) is 0. The number of anilines is 1. The number of hydrogen-bond donors (Lipinski definition) is 2. The van der Waals surface area contributed by atoms with Gasteiger partial charge in [0.15, 0.2) is 0 Å². The molecule has 0 radical (unpaired) electrons. The van der Waals surface area contributed by atoms with Gasteiger partial charge in [0.1, 0.15) is 12.0 Å². The van der Waals surface area contributed by atoms with Gasteiger partial charge in [0.25, 0.3) is 5.91 Å². The Labute approximate surface area is 96.5 Å². The van der Waals surface area contributed by atoms with Crippen molar-refractivity contribution in [3.8, 4) is 5.75 Å². The molecule has 2 N–H and O–H groups in total. The minimum absolute atomic E-state index is 0.0475. The van der Waals surface area contributed by atoms with Crippen molar-refractivity contribution >= 4 is 23.2 Å². The lowest BCUT2D eigenvalue weighted by Gasteiger charge is -2.05. The highest BCUT2D eigenvalue weighted by molar-refractivity contribution is 6.34. The van der Waals surface area contributed by atoms with E-state index in [4.69, 9.17) is 21.1 Å². The number of phenols is 1. The number of amides is 1. The molecule has 1 heterocycles. The fraction of sp³-hybridized carbons (Fsp3) is 0. The van der Waals surface area contributed by atoms with Crippen LogP contribution in [0.15, 0.2) is 41.2 Å². The number of nitrogens with one attached hydrogen (secondary N) is 1. The highest BCUT2D eigenvalue weighted by Crippen LogP contribution is 2.26. The molecule has 16 heavy (non-hydrogen) atoms. The van der Waals surface area contributed by atoms with Gasteiger partial charge in [0, 0.05) is 6.07 Å². The maximum Gasteiger partial charge on any atom is 0.258 e. The number of halogens is 1. The molecule has 0 saturated heterocycles. The van der Waals surface area contributed by atoms with E-state index in [0.717, 1.165) is 0 Å². The van der Waals surface area contributed by atoms with Crippen molar-refractivity contribution in [3.63, 3.8) is 0 Å². The summed E-state index contributed by atoms with van der Waals surface area (Å²) >= 11 is 5.84. The zero-order valence-corrected chi connectivity index (χ0v) is 8.86. The van der Waals surface area contributed by atoms with Gasteiger partial charge in [-0.3, -0.25) is 4.79 Å². The van der Waals surface area contributed by atoms with E-state index in [1.807, 2.05) is 0 Å². The lowest BCUT2D eigenvalue weighted by atomic mass is 10.2. The van der Waals surface area contributed by atoms with E-state index in [2.05, 4.69) is 5.32 Å². The Kier molecular flexibility index (Phi) is 2.83. The first-order valence-electron chi connectivity index (χ1n) is 4.49. The molecule has 0 saturated carbocycles. The van der Waals surface area contributed by atoms with Crippen molar-refractivity contribution in [3.05, 3.63) is 47.4 Å². The van der Waals surface area contributed by atoms with Crippen molar-refractivity contribution in [2.24, 2.45) is 0 Å². The Morgan fingerprint density at radius 1 is 1.38 bits per heavy atom. The quantitative estimate of drug-likeness (QED) is 0.790. The van der Waals surface area contributed by atoms with E-state index in [-0.39, 0.29) is 16.7 Å². The predicted octanol–water partition coefficient (Wildman–Crippen LogP) is 2.89. The molecule has 0 fully saturated rings. The van der Waals surface area contributed by atoms with Gasteiger partial charge in [-0.1, -0.05) is 11.6 Å². The largest absolute Gasteiger partial charge is 0.508 e. The van der Waals surface area contributed by atoms with Gasteiger partial charge in [-0.05, 0) is 18.2 Å². The summed E-state index contributed by atoms with van der Waals surface area (Å²) in [4.78, 5) is 11.6. The van der Waals surface area contributed by atoms with E-state index < -0.39 is 0 Å². The molecule has 1 aromatic heterocycles. The fourth-order valence-electron chi connectivity index (χ4n) is 1.19. The van der Waals surface area contributed by atoms with E-state index in [1.165, 1.54) is 30.7 Å². The highest BCUT2D eigenvalue weighted by atomic mass is 35.5. The molecule has 0 aliphatic heterocycles. The normalized spacial score (nSPS) is 10.1. The molecule has 5 heteroatoms. The molecular weight excluding hydrogens is 230 g/mol. The van der Waals surface area contributed by atoms with Crippen LogP contribution in [0.3, 0.4) is 0 Å². The van der Waals surface area contributed by atoms with Crippen LogP contribution in [0, 0.1) is 0 Å². The Morgan fingerprint density at radius 2 is 2.19 bits per heavy atom. The van der Waals surface area contributed by atoms with Gasteiger partial charge < -0.3 is 14.8 Å². The van der Waals surface area contributed by atoms with Gasteiger partial charge in [-0.2, -0.15) is 0 Å². The third kappa shape index (κ3) is 2.17. The molecular formula is C11H8ClNO3. The SMILES string of the molecule is O=C(Nc1ccc(O)cc1Cl)c1ccoc1. The van der Waals surface area contributed by atoms with Crippen LogP contribution in [-0.2, 0) is 0 Å². The fourth-order valence-corrected chi connectivity index (χ4v) is 1.42. The molecule has 2 aromatic rings. The first kappa shape index (κ1) is 10.6. The summed E-state index contributed by atoms with van der Waals surface area (Å²) in [7, 11) is 0. The number of furan rings is 1. The number of benzene rings is 1. The minimum atomic E-state index is -0.318. The average Bonchev–Trinajstić information content (AvgIpc) is 2.75. The standard InChI is InChI=1S/C11H8ClNO3/c12-9-5-8(14)1-2-10(9)13-11(15)7-3-4-16-6-7/h1-6,14H,(H,13,15). The molecule has 0 unspecified atom stereocenters. The molecule has 0 aliphatic carbocycles. The molecule has 0 bridgehead atoms. The lowest BCUT2D eigenvalue weighted by molar-refractivity contribution is 0.102. The smallest absolute Gasteiger partial charge is 0.258 e. The molecule has 0 aliphatic rings. The second-order valence-electron chi connectivity index (χ2n) is 3.13. The number of hydrogen-bond acceptors (Lipinski definition) is 3. The molecule has 1 aromatic carbocycles. The number of carbonyl (C=O) groups excluding carboxylic acids is 1. The monoisotopic (exact) mass is 237 g/mol. The summed E-state index contributed by atoms with van der Waals surface area (Å²) in [6.07, 6.45) is 2.75. The Hall–Kier alpha value is -1.94. The summed E-state index contributed by atoms with van der Waals surface area (Å²) in [5.41, 5.74) is 0.842. The molecule has 1 amide bonds. The average molecular weight is 238 g/mol. The van der Waals surface area contributed by atoms with E-state index in [1.54, 1.807) is 6.07 Å². The van der Waals surface area contributed by atoms with Crippen LogP contribution in [0.2, 0.25) is 5.02 Å². The highest BCUT2D eigenvalue weighted by Gasteiger charge is 2.09. The molecule has 2 rings (SSSR count). The van der Waals surface area contributed by atoms with Crippen LogP contribution in [0.25, 0.3) is 0 Å². The molecule has 0 spiro atoms. The number of carbonyl (C=O) groups is 1. The van der Waals surface area contributed by atoms with Crippen molar-refractivity contribution in [1.29, 1.82) is 0 Å². The Bertz CT molecular complexity index is 508. The van der Waals surface area contributed by atoms with E-state index in [9.17, 15) is 4.79 Å². The minimum Gasteiger partial charge on any atom is -0.508 e. The van der Waals surface area contributed by atoms with Crippen LogP contribution in [0.4, 0.5) is 5.69 Å². The van der Waals surface area contributed by atoms with Gasteiger partial charge in [0.05, 0.1) is 22.5 Å². The van der Waals surface area contributed by atoms with Gasteiger partial charge >= 0.3 is 0 Å². The van der Waals surface area contributed by atoms with Crippen molar-refractivity contribution in [2.45, 2.75) is 0 Å². The number of aromatic hydroxyl groups is 1. The van der Waals surface area contributed by atoms with Crippen LogP contribution < -0.4 is 5.32 Å². The van der Waals surface area contributed by atoms with Gasteiger partial charge in [0.2, 0.25) is 0 Å². The first-order chi connectivity index (χ1) is 7.66. The third-order valence-electron chi connectivity index (χ3n) is 1.98. The van der Waals surface area contributed by atoms with Crippen molar-refractivity contribution in [2.75, 3.05) is 5.32 Å². The van der Waals surface area contributed by atoms with Gasteiger partial charge in [-0.15, -0.1) is 0 Å². The molecule has 0 atom stereocenters. The zero-order chi connectivity index (χ0) is 11.5. The van der Waals surface area contributed by atoms with E-state index in [0.29, 0.717) is 11.3 Å². The van der Waals surface area contributed by atoms with Crippen LogP contribution in [-0.4, -0.2) is 11.0 Å². The van der Waals surface area contributed by atoms with Crippen LogP contribution >= 0.6 is 11.6 Å². The summed E-state index contributed by atoms with van der Waals surface area (Å²) < 4.78 is 4.79. The van der Waals surface area contributed by atoms with Crippen molar-refractivity contribution < 1.29 is 14.3 Å². The number of phenolic OH excluding ortho intramolecular Hbond substituents is 1. The summed E-state index contributed by atoms with van der Waals surface area (Å²) in [6, 6.07) is 5.86. The second kappa shape index (κ2) is 4.28. The zero-order valence-electron chi connectivity index (χ0n) is 8.11. The molecule has 82 valence electrons. The predicted molar refractivity (Wildman–Crippen MR) is 59.8 cm³/mol. The topological polar surface area (TPSA) is 62.5 Å². The Balaban J connectivity index is 2.18.